The number of aryl methyl sites for hydroxylation is 1. The maximum absolute atomic E-state index is 12.2. The molecule has 0 unspecified atom stereocenters. The molecule has 1 N–H and O–H groups in total. The first kappa shape index (κ1) is 17.5. The predicted octanol–water partition coefficient (Wildman–Crippen LogP) is 4.93. The smallest absolute Gasteiger partial charge is 0.251 e. The number of amides is 1. The number of rotatable bonds is 5. The van der Waals surface area contributed by atoms with Gasteiger partial charge in [-0.05, 0) is 37.3 Å². The van der Waals surface area contributed by atoms with E-state index in [2.05, 4.69) is 10.3 Å². The third-order valence-corrected chi connectivity index (χ3v) is 4.48. The van der Waals surface area contributed by atoms with Crippen LogP contribution in [0.15, 0.2) is 52.9 Å². The quantitative estimate of drug-likeness (QED) is 0.688. The van der Waals surface area contributed by atoms with E-state index >= 15 is 0 Å². The van der Waals surface area contributed by atoms with Crippen molar-refractivity contribution in [2.45, 2.75) is 13.3 Å². The van der Waals surface area contributed by atoms with Crippen molar-refractivity contribution in [1.82, 2.24) is 10.3 Å². The lowest BCUT2D eigenvalue weighted by Crippen LogP contribution is -2.25. The topological polar surface area (TPSA) is 55.1 Å². The van der Waals surface area contributed by atoms with E-state index in [4.69, 9.17) is 27.6 Å². The Kier molecular flexibility index (Phi) is 5.41. The zero-order valence-electron chi connectivity index (χ0n) is 13.6. The van der Waals surface area contributed by atoms with E-state index in [0.29, 0.717) is 34.5 Å². The lowest BCUT2D eigenvalue weighted by atomic mass is 10.2. The van der Waals surface area contributed by atoms with Crippen molar-refractivity contribution in [3.8, 4) is 11.5 Å². The van der Waals surface area contributed by atoms with Gasteiger partial charge in [-0.15, -0.1) is 0 Å². The fourth-order valence-corrected chi connectivity index (χ4v) is 2.70. The van der Waals surface area contributed by atoms with Crippen LogP contribution in [0.5, 0.6) is 0 Å². The summed E-state index contributed by atoms with van der Waals surface area (Å²) in [6.45, 7) is 2.32. The second-order valence-electron chi connectivity index (χ2n) is 5.52. The summed E-state index contributed by atoms with van der Waals surface area (Å²) in [5.74, 6) is 1.13. The number of hydrogen-bond acceptors (Lipinski definition) is 3. The van der Waals surface area contributed by atoms with E-state index in [9.17, 15) is 4.79 Å². The normalized spacial score (nSPS) is 10.7. The molecule has 4 nitrogen and oxygen atoms in total. The molecule has 1 heterocycles. The van der Waals surface area contributed by atoms with Gasteiger partial charge in [0, 0.05) is 24.1 Å². The molecule has 2 aromatic carbocycles. The lowest BCUT2D eigenvalue weighted by Gasteiger charge is -2.05. The average molecular weight is 375 g/mol. The third-order valence-electron chi connectivity index (χ3n) is 3.74. The van der Waals surface area contributed by atoms with Gasteiger partial charge < -0.3 is 9.73 Å². The van der Waals surface area contributed by atoms with Crippen molar-refractivity contribution in [2.75, 3.05) is 6.54 Å². The Morgan fingerprint density at radius 3 is 2.60 bits per heavy atom. The summed E-state index contributed by atoms with van der Waals surface area (Å²) in [6.07, 6.45) is 0.579. The summed E-state index contributed by atoms with van der Waals surface area (Å²) in [7, 11) is 0. The Labute approximate surface area is 155 Å². The standard InChI is InChI=1S/C19H16Cl2N2O2/c1-12-17(23-19(25-12)13-5-3-2-4-6-13)9-10-22-18(24)14-7-8-15(20)16(21)11-14/h2-8,11H,9-10H2,1H3,(H,22,24). The van der Waals surface area contributed by atoms with Gasteiger partial charge in [0.15, 0.2) is 0 Å². The molecular formula is C19H16Cl2N2O2. The van der Waals surface area contributed by atoms with Crippen LogP contribution >= 0.6 is 23.2 Å². The molecule has 0 spiro atoms. The van der Waals surface area contributed by atoms with Crippen molar-refractivity contribution in [1.29, 1.82) is 0 Å². The van der Waals surface area contributed by atoms with E-state index in [1.165, 1.54) is 0 Å². The zero-order valence-corrected chi connectivity index (χ0v) is 15.1. The Morgan fingerprint density at radius 2 is 1.88 bits per heavy atom. The Bertz CT molecular complexity index is 892. The van der Waals surface area contributed by atoms with Crippen LogP contribution in [0.2, 0.25) is 10.0 Å². The number of hydrogen-bond donors (Lipinski definition) is 1. The first-order valence-corrected chi connectivity index (χ1v) is 8.55. The van der Waals surface area contributed by atoms with Gasteiger partial charge in [0.05, 0.1) is 15.7 Å². The molecule has 0 fully saturated rings. The third kappa shape index (κ3) is 4.21. The summed E-state index contributed by atoms with van der Waals surface area (Å²) in [5, 5.41) is 3.62. The van der Waals surface area contributed by atoms with Gasteiger partial charge in [-0.2, -0.15) is 0 Å². The Morgan fingerprint density at radius 1 is 1.12 bits per heavy atom. The number of aromatic nitrogens is 1. The van der Waals surface area contributed by atoms with Gasteiger partial charge in [0.25, 0.3) is 5.91 Å². The lowest BCUT2D eigenvalue weighted by molar-refractivity contribution is 0.0954. The molecule has 0 radical (unpaired) electrons. The monoisotopic (exact) mass is 374 g/mol. The first-order valence-electron chi connectivity index (χ1n) is 7.79. The Balaban J connectivity index is 1.61. The van der Waals surface area contributed by atoms with Crippen molar-refractivity contribution >= 4 is 29.1 Å². The summed E-state index contributed by atoms with van der Waals surface area (Å²) >= 11 is 11.8. The second kappa shape index (κ2) is 7.72. The van der Waals surface area contributed by atoms with E-state index < -0.39 is 0 Å². The minimum atomic E-state index is -0.206. The van der Waals surface area contributed by atoms with Crippen LogP contribution in [0.4, 0.5) is 0 Å². The first-order chi connectivity index (χ1) is 12.0. The molecule has 0 bridgehead atoms. The van der Waals surface area contributed by atoms with Crippen LogP contribution in [0, 0.1) is 6.92 Å². The maximum Gasteiger partial charge on any atom is 0.251 e. The van der Waals surface area contributed by atoms with Gasteiger partial charge >= 0.3 is 0 Å². The Hall–Kier alpha value is -2.30. The summed E-state index contributed by atoms with van der Waals surface area (Å²) in [4.78, 5) is 16.7. The largest absolute Gasteiger partial charge is 0.441 e. The molecule has 0 aliphatic carbocycles. The van der Waals surface area contributed by atoms with Crippen LogP contribution < -0.4 is 5.32 Å². The molecule has 0 atom stereocenters. The van der Waals surface area contributed by atoms with Gasteiger partial charge in [0.2, 0.25) is 5.89 Å². The highest BCUT2D eigenvalue weighted by atomic mass is 35.5. The minimum Gasteiger partial charge on any atom is -0.441 e. The second-order valence-corrected chi connectivity index (χ2v) is 6.34. The number of halogens is 2. The predicted molar refractivity (Wildman–Crippen MR) is 99.2 cm³/mol. The number of oxazole rings is 1. The highest BCUT2D eigenvalue weighted by molar-refractivity contribution is 6.42. The van der Waals surface area contributed by atoms with Crippen LogP contribution in [0.1, 0.15) is 21.8 Å². The number of carbonyl (C=O) groups is 1. The number of carbonyl (C=O) groups excluding carboxylic acids is 1. The molecule has 6 heteroatoms. The van der Waals surface area contributed by atoms with Gasteiger partial charge in [-0.3, -0.25) is 4.79 Å². The summed E-state index contributed by atoms with van der Waals surface area (Å²) in [5.41, 5.74) is 2.22. The number of nitrogens with one attached hydrogen (secondary N) is 1. The van der Waals surface area contributed by atoms with Crippen molar-refractivity contribution in [3.05, 3.63) is 75.6 Å². The number of nitrogens with zero attached hydrogens (tertiary/aromatic N) is 1. The van der Waals surface area contributed by atoms with Gasteiger partial charge in [-0.1, -0.05) is 41.4 Å². The van der Waals surface area contributed by atoms with Crippen LogP contribution in [-0.2, 0) is 6.42 Å². The molecular weight excluding hydrogens is 359 g/mol. The van der Waals surface area contributed by atoms with E-state index in [0.717, 1.165) is 17.0 Å². The number of benzene rings is 2. The molecule has 25 heavy (non-hydrogen) atoms. The average Bonchev–Trinajstić information content (AvgIpc) is 2.99. The van der Waals surface area contributed by atoms with E-state index in [1.54, 1.807) is 18.2 Å². The van der Waals surface area contributed by atoms with Crippen molar-refractivity contribution < 1.29 is 9.21 Å². The van der Waals surface area contributed by atoms with Gasteiger partial charge in [0.1, 0.15) is 5.76 Å². The zero-order chi connectivity index (χ0) is 17.8. The molecule has 0 aliphatic heterocycles. The van der Waals surface area contributed by atoms with E-state index in [-0.39, 0.29) is 5.91 Å². The molecule has 0 saturated carbocycles. The maximum atomic E-state index is 12.2. The minimum absolute atomic E-state index is 0.206. The highest BCUT2D eigenvalue weighted by Crippen LogP contribution is 2.23. The highest BCUT2D eigenvalue weighted by Gasteiger charge is 2.12. The van der Waals surface area contributed by atoms with E-state index in [1.807, 2.05) is 37.3 Å². The molecule has 0 saturated heterocycles. The van der Waals surface area contributed by atoms with Crippen molar-refractivity contribution in [2.24, 2.45) is 0 Å². The molecule has 3 rings (SSSR count). The van der Waals surface area contributed by atoms with Crippen LogP contribution in [-0.4, -0.2) is 17.4 Å². The summed E-state index contributed by atoms with van der Waals surface area (Å²) in [6, 6.07) is 14.5. The van der Waals surface area contributed by atoms with Crippen molar-refractivity contribution in [3.63, 3.8) is 0 Å². The van der Waals surface area contributed by atoms with Crippen LogP contribution in [0.25, 0.3) is 11.5 Å². The fraction of sp³-hybridized carbons (Fsp3) is 0.158. The molecule has 3 aromatic rings. The molecule has 0 aliphatic rings. The fourth-order valence-electron chi connectivity index (χ4n) is 2.40. The summed E-state index contributed by atoms with van der Waals surface area (Å²) < 4.78 is 5.72. The molecule has 1 amide bonds. The molecule has 128 valence electrons. The SMILES string of the molecule is Cc1oc(-c2ccccc2)nc1CCNC(=O)c1ccc(Cl)c(Cl)c1. The van der Waals surface area contributed by atoms with Gasteiger partial charge in [-0.25, -0.2) is 4.98 Å². The molecule has 1 aromatic heterocycles. The van der Waals surface area contributed by atoms with Crippen LogP contribution in [0.3, 0.4) is 0 Å².